The Hall–Kier alpha value is -5.15. The fourth-order valence-corrected chi connectivity index (χ4v) is 5.67. The van der Waals surface area contributed by atoms with Gasteiger partial charge in [-0.15, -0.1) is 0 Å². The van der Waals surface area contributed by atoms with Crippen LogP contribution >= 0.6 is 0 Å². The lowest BCUT2D eigenvalue weighted by atomic mass is 9.93. The number of aromatic nitrogens is 3. The highest BCUT2D eigenvalue weighted by Gasteiger charge is 2.12. The van der Waals surface area contributed by atoms with Crippen LogP contribution in [-0.2, 0) is 0 Å². The normalized spacial score (nSPS) is 11.7. The van der Waals surface area contributed by atoms with Crippen LogP contribution in [0.15, 0.2) is 128 Å². The lowest BCUT2D eigenvalue weighted by molar-refractivity contribution is 1.30. The van der Waals surface area contributed by atoms with Crippen molar-refractivity contribution < 1.29 is 0 Å². The van der Waals surface area contributed by atoms with Crippen LogP contribution in [0, 0.1) is 0 Å². The third-order valence-electron chi connectivity index (χ3n) is 7.52. The maximum atomic E-state index is 5.18. The molecule has 0 aliphatic carbocycles. The molecule has 176 valence electrons. The van der Waals surface area contributed by atoms with Crippen LogP contribution in [0.2, 0.25) is 0 Å². The van der Waals surface area contributed by atoms with E-state index in [4.69, 9.17) is 9.97 Å². The molecule has 3 heteroatoms. The fourth-order valence-electron chi connectivity index (χ4n) is 5.67. The predicted molar refractivity (Wildman–Crippen MR) is 158 cm³/mol. The second kappa shape index (κ2) is 8.19. The third-order valence-corrected chi connectivity index (χ3v) is 7.52. The topological polar surface area (TPSA) is 38.7 Å². The number of hydrogen-bond donors (Lipinski definition) is 0. The fraction of sp³-hybridized carbons (Fsp3) is 0. The summed E-state index contributed by atoms with van der Waals surface area (Å²) in [5.74, 6) is 0. The van der Waals surface area contributed by atoms with Crippen molar-refractivity contribution >= 4 is 54.1 Å². The molecule has 0 aliphatic heterocycles. The van der Waals surface area contributed by atoms with Gasteiger partial charge >= 0.3 is 0 Å². The van der Waals surface area contributed by atoms with Crippen molar-refractivity contribution in [1.29, 1.82) is 0 Å². The minimum absolute atomic E-state index is 0.898. The van der Waals surface area contributed by atoms with Crippen molar-refractivity contribution in [3.05, 3.63) is 128 Å². The monoisotopic (exact) mass is 483 g/mol. The van der Waals surface area contributed by atoms with Gasteiger partial charge in [-0.1, -0.05) is 84.9 Å². The first-order valence-electron chi connectivity index (χ1n) is 12.8. The summed E-state index contributed by atoms with van der Waals surface area (Å²) in [6.45, 7) is 0. The average Bonchev–Trinajstić information content (AvgIpc) is 3.01. The molecule has 0 bridgehead atoms. The highest BCUT2D eigenvalue weighted by Crippen LogP contribution is 2.37. The largest absolute Gasteiger partial charge is 0.264 e. The zero-order valence-electron chi connectivity index (χ0n) is 20.5. The molecule has 3 heterocycles. The van der Waals surface area contributed by atoms with Gasteiger partial charge in [0.25, 0.3) is 0 Å². The summed E-state index contributed by atoms with van der Waals surface area (Å²) in [6.07, 6.45) is 3.63. The van der Waals surface area contributed by atoms with E-state index in [1.54, 1.807) is 6.20 Å². The molecule has 0 atom stereocenters. The molecule has 8 aromatic rings. The Morgan fingerprint density at radius 3 is 1.50 bits per heavy atom. The molecule has 38 heavy (non-hydrogen) atoms. The summed E-state index contributed by atoms with van der Waals surface area (Å²) in [6, 6.07) is 40.7. The Balaban J connectivity index is 1.37. The van der Waals surface area contributed by atoms with Crippen LogP contribution in [0.4, 0.5) is 0 Å². The van der Waals surface area contributed by atoms with Gasteiger partial charge in [0.05, 0.1) is 22.4 Å². The molecule has 0 saturated carbocycles. The van der Waals surface area contributed by atoms with Crippen LogP contribution in [0.5, 0.6) is 0 Å². The first kappa shape index (κ1) is 21.0. The van der Waals surface area contributed by atoms with Crippen LogP contribution in [0.3, 0.4) is 0 Å². The summed E-state index contributed by atoms with van der Waals surface area (Å²) < 4.78 is 0. The molecule has 3 aromatic heterocycles. The molecule has 0 N–H and O–H groups in total. The van der Waals surface area contributed by atoms with Crippen LogP contribution in [0.25, 0.3) is 76.6 Å². The molecule has 5 aromatic carbocycles. The van der Waals surface area contributed by atoms with E-state index in [1.807, 2.05) is 24.4 Å². The van der Waals surface area contributed by atoms with Gasteiger partial charge in [0.2, 0.25) is 0 Å². The number of fused-ring (bicyclic) bond motifs is 9. The molecule has 0 amide bonds. The highest BCUT2D eigenvalue weighted by molar-refractivity contribution is 6.25. The minimum Gasteiger partial charge on any atom is -0.264 e. The number of rotatable bonds is 2. The van der Waals surface area contributed by atoms with Gasteiger partial charge in [-0.3, -0.25) is 4.98 Å². The zero-order valence-corrected chi connectivity index (χ0v) is 20.5. The Bertz CT molecular complexity index is 2150. The molecular formula is C35H21N3. The molecule has 0 spiro atoms. The third kappa shape index (κ3) is 3.19. The Kier molecular flexibility index (Phi) is 4.52. The molecule has 0 unspecified atom stereocenters. The Morgan fingerprint density at radius 2 is 0.921 bits per heavy atom. The first-order valence-corrected chi connectivity index (χ1v) is 12.8. The van der Waals surface area contributed by atoms with E-state index in [0.29, 0.717) is 0 Å². The van der Waals surface area contributed by atoms with Gasteiger partial charge in [0.15, 0.2) is 0 Å². The van der Waals surface area contributed by atoms with Gasteiger partial charge in [-0.2, -0.15) is 0 Å². The van der Waals surface area contributed by atoms with E-state index >= 15 is 0 Å². The van der Waals surface area contributed by atoms with Crippen LogP contribution in [0.1, 0.15) is 0 Å². The van der Waals surface area contributed by atoms with Gasteiger partial charge in [-0.25, -0.2) is 9.97 Å². The smallest absolute Gasteiger partial charge is 0.0972 e. The van der Waals surface area contributed by atoms with E-state index in [2.05, 4.69) is 102 Å². The zero-order chi connectivity index (χ0) is 25.1. The maximum absolute atomic E-state index is 5.18. The van der Waals surface area contributed by atoms with E-state index < -0.39 is 0 Å². The van der Waals surface area contributed by atoms with Crippen LogP contribution in [-0.4, -0.2) is 15.0 Å². The van der Waals surface area contributed by atoms with Crippen LogP contribution < -0.4 is 0 Å². The summed E-state index contributed by atoms with van der Waals surface area (Å²) in [5.41, 5.74) is 5.75. The molecule has 3 nitrogen and oxygen atoms in total. The second-order valence-corrected chi connectivity index (χ2v) is 9.70. The SMILES string of the molecule is c1cncc(-c2ccc3ccc4ccc(-c5ccc6c7ccccc7c7ccccc7c6c5)nc4c3n2)c1. The minimum atomic E-state index is 0.898. The van der Waals surface area contributed by atoms with Crippen molar-refractivity contribution in [2.45, 2.75) is 0 Å². The van der Waals surface area contributed by atoms with E-state index in [9.17, 15) is 0 Å². The Morgan fingerprint density at radius 1 is 0.395 bits per heavy atom. The number of pyridine rings is 3. The molecular weight excluding hydrogens is 462 g/mol. The van der Waals surface area contributed by atoms with Gasteiger partial charge in [0, 0.05) is 34.3 Å². The summed E-state index contributed by atoms with van der Waals surface area (Å²) in [5, 5.41) is 9.76. The second-order valence-electron chi connectivity index (χ2n) is 9.70. The lowest BCUT2D eigenvalue weighted by Gasteiger charge is -2.12. The highest BCUT2D eigenvalue weighted by atomic mass is 14.8. The molecule has 8 rings (SSSR count). The number of hydrogen-bond acceptors (Lipinski definition) is 3. The quantitative estimate of drug-likeness (QED) is 0.230. The van der Waals surface area contributed by atoms with Gasteiger partial charge in [-0.05, 0) is 62.6 Å². The predicted octanol–water partition coefficient (Wildman–Crippen LogP) is 8.97. The number of benzene rings is 5. The molecule has 0 aliphatic rings. The van der Waals surface area contributed by atoms with Crippen molar-refractivity contribution in [2.75, 3.05) is 0 Å². The maximum Gasteiger partial charge on any atom is 0.0972 e. The lowest BCUT2D eigenvalue weighted by Crippen LogP contribution is -1.91. The molecule has 0 saturated heterocycles. The van der Waals surface area contributed by atoms with E-state index in [1.165, 1.54) is 32.3 Å². The first-order chi connectivity index (χ1) is 18.8. The van der Waals surface area contributed by atoms with Crippen molar-refractivity contribution in [2.24, 2.45) is 0 Å². The van der Waals surface area contributed by atoms with Crippen molar-refractivity contribution in [3.63, 3.8) is 0 Å². The number of nitrogens with zero attached hydrogens (tertiary/aromatic N) is 3. The van der Waals surface area contributed by atoms with E-state index in [-0.39, 0.29) is 0 Å². The molecule has 0 radical (unpaired) electrons. The Labute approximate surface area is 219 Å². The van der Waals surface area contributed by atoms with E-state index in [0.717, 1.165) is 44.3 Å². The van der Waals surface area contributed by atoms with Crippen molar-refractivity contribution in [1.82, 2.24) is 15.0 Å². The standard InChI is InChI=1S/C35H21N3/c1-2-9-28-26(7-1)27-8-3-4-10-29(27)31-20-24(13-16-30(28)31)32-17-14-22-11-12-23-15-18-33(25-6-5-19-36-21-25)38-35(23)34(22)37-32/h1-21H. The molecule has 0 fully saturated rings. The summed E-state index contributed by atoms with van der Waals surface area (Å²) in [4.78, 5) is 14.5. The van der Waals surface area contributed by atoms with Gasteiger partial charge in [0.1, 0.15) is 0 Å². The summed E-state index contributed by atoms with van der Waals surface area (Å²) >= 11 is 0. The van der Waals surface area contributed by atoms with Gasteiger partial charge < -0.3 is 0 Å². The summed E-state index contributed by atoms with van der Waals surface area (Å²) in [7, 11) is 0. The van der Waals surface area contributed by atoms with Crippen molar-refractivity contribution in [3.8, 4) is 22.5 Å². The average molecular weight is 484 g/mol.